The molecule has 5 nitrogen and oxygen atoms in total. The molecular formula is C13H14ClN3O2. The van der Waals surface area contributed by atoms with Gasteiger partial charge in [0.25, 0.3) is 0 Å². The van der Waals surface area contributed by atoms with E-state index in [0.717, 1.165) is 5.39 Å². The lowest BCUT2D eigenvalue weighted by Gasteiger charge is -2.19. The van der Waals surface area contributed by atoms with Gasteiger partial charge in [-0.3, -0.25) is 5.32 Å². The number of carbonyl (C=O) groups excluding carboxylic acids is 1. The van der Waals surface area contributed by atoms with Crippen LogP contribution in [-0.4, -0.2) is 21.7 Å². The van der Waals surface area contributed by atoms with Crippen molar-refractivity contribution in [1.29, 1.82) is 0 Å². The Morgan fingerprint density at radius 2 is 2.16 bits per heavy atom. The molecule has 0 aliphatic rings. The van der Waals surface area contributed by atoms with Crippen molar-refractivity contribution in [2.45, 2.75) is 26.4 Å². The number of fused-ring (bicyclic) bond motifs is 1. The smallest absolute Gasteiger partial charge is 0.413 e. The third kappa shape index (κ3) is 3.54. The summed E-state index contributed by atoms with van der Waals surface area (Å²) in [6.07, 6.45) is 1.03. The van der Waals surface area contributed by atoms with Crippen molar-refractivity contribution in [3.63, 3.8) is 0 Å². The Hall–Kier alpha value is -1.88. The summed E-state index contributed by atoms with van der Waals surface area (Å²) in [5.74, 6) is 0.238. The van der Waals surface area contributed by atoms with Gasteiger partial charge in [-0.1, -0.05) is 11.6 Å². The SMILES string of the molecule is CC(C)(C)OC(=O)Nc1nc2ncccc2cc1Cl. The summed E-state index contributed by atoms with van der Waals surface area (Å²) in [7, 11) is 0. The Labute approximate surface area is 116 Å². The monoisotopic (exact) mass is 279 g/mol. The van der Waals surface area contributed by atoms with Gasteiger partial charge in [0.1, 0.15) is 5.60 Å². The molecule has 0 fully saturated rings. The van der Waals surface area contributed by atoms with E-state index >= 15 is 0 Å². The summed E-state index contributed by atoms with van der Waals surface area (Å²) >= 11 is 6.06. The average Bonchev–Trinajstić information content (AvgIpc) is 2.27. The zero-order valence-electron chi connectivity index (χ0n) is 10.9. The van der Waals surface area contributed by atoms with E-state index in [1.54, 1.807) is 39.1 Å². The largest absolute Gasteiger partial charge is 0.444 e. The molecule has 0 radical (unpaired) electrons. The average molecular weight is 280 g/mol. The Morgan fingerprint density at radius 1 is 1.42 bits per heavy atom. The molecular weight excluding hydrogens is 266 g/mol. The van der Waals surface area contributed by atoms with Crippen molar-refractivity contribution < 1.29 is 9.53 Å². The van der Waals surface area contributed by atoms with Gasteiger partial charge in [0.2, 0.25) is 0 Å². The van der Waals surface area contributed by atoms with Gasteiger partial charge in [0.15, 0.2) is 11.5 Å². The lowest BCUT2D eigenvalue weighted by Crippen LogP contribution is -2.27. The van der Waals surface area contributed by atoms with Crippen molar-refractivity contribution in [2.75, 3.05) is 5.32 Å². The number of pyridine rings is 2. The minimum atomic E-state index is -0.600. The van der Waals surface area contributed by atoms with Crippen LogP contribution in [0.5, 0.6) is 0 Å². The summed E-state index contributed by atoms with van der Waals surface area (Å²) in [6, 6.07) is 5.34. The number of anilines is 1. The molecule has 0 aromatic carbocycles. The number of hydrogen-bond donors (Lipinski definition) is 1. The molecule has 0 aliphatic heterocycles. The van der Waals surface area contributed by atoms with Crippen molar-refractivity contribution in [1.82, 2.24) is 9.97 Å². The van der Waals surface area contributed by atoms with Gasteiger partial charge in [-0.25, -0.2) is 14.8 Å². The third-order valence-electron chi connectivity index (χ3n) is 2.16. The van der Waals surface area contributed by atoms with Crippen LogP contribution in [-0.2, 0) is 4.74 Å². The summed E-state index contributed by atoms with van der Waals surface area (Å²) in [5, 5.41) is 3.66. The molecule has 1 amide bonds. The van der Waals surface area contributed by atoms with Gasteiger partial charge in [0, 0.05) is 11.6 Å². The lowest BCUT2D eigenvalue weighted by molar-refractivity contribution is 0.0635. The van der Waals surface area contributed by atoms with Crippen LogP contribution in [0.25, 0.3) is 11.0 Å². The number of nitrogens with one attached hydrogen (secondary N) is 1. The molecule has 100 valence electrons. The fourth-order valence-corrected chi connectivity index (χ4v) is 1.67. The van der Waals surface area contributed by atoms with Crippen molar-refractivity contribution in [2.24, 2.45) is 0 Å². The van der Waals surface area contributed by atoms with Crippen LogP contribution in [0.1, 0.15) is 20.8 Å². The van der Waals surface area contributed by atoms with Crippen molar-refractivity contribution >= 4 is 34.5 Å². The molecule has 0 atom stereocenters. The number of carbonyl (C=O) groups is 1. The molecule has 2 heterocycles. The first kappa shape index (κ1) is 13.5. The topological polar surface area (TPSA) is 64.1 Å². The third-order valence-corrected chi connectivity index (χ3v) is 2.45. The van der Waals surface area contributed by atoms with Crippen LogP contribution in [0, 0.1) is 0 Å². The number of aromatic nitrogens is 2. The van der Waals surface area contributed by atoms with Crippen molar-refractivity contribution in [3.05, 3.63) is 29.4 Å². The van der Waals surface area contributed by atoms with Crippen LogP contribution in [0.2, 0.25) is 5.02 Å². The highest BCUT2D eigenvalue weighted by atomic mass is 35.5. The molecule has 19 heavy (non-hydrogen) atoms. The van der Waals surface area contributed by atoms with Gasteiger partial charge in [-0.05, 0) is 39.0 Å². The van der Waals surface area contributed by atoms with Gasteiger partial charge >= 0.3 is 6.09 Å². The van der Waals surface area contributed by atoms with Crippen LogP contribution in [0.4, 0.5) is 10.6 Å². The van der Waals surface area contributed by atoms with Crippen LogP contribution in [0.15, 0.2) is 24.4 Å². The Balaban J connectivity index is 2.25. The lowest BCUT2D eigenvalue weighted by atomic mass is 10.2. The fraction of sp³-hybridized carbons (Fsp3) is 0.308. The van der Waals surface area contributed by atoms with Crippen LogP contribution in [0.3, 0.4) is 0 Å². The number of ether oxygens (including phenoxy) is 1. The maximum Gasteiger partial charge on any atom is 0.413 e. The van der Waals surface area contributed by atoms with E-state index < -0.39 is 11.7 Å². The minimum absolute atomic E-state index is 0.238. The summed E-state index contributed by atoms with van der Waals surface area (Å²) in [5.41, 5.74) is -0.0657. The molecule has 6 heteroatoms. The van der Waals surface area contributed by atoms with E-state index in [4.69, 9.17) is 16.3 Å². The molecule has 0 bridgehead atoms. The predicted molar refractivity (Wildman–Crippen MR) is 74.4 cm³/mol. The second kappa shape index (κ2) is 5.01. The maximum absolute atomic E-state index is 11.7. The van der Waals surface area contributed by atoms with Gasteiger partial charge in [-0.2, -0.15) is 0 Å². The maximum atomic E-state index is 11.7. The molecule has 0 aliphatic carbocycles. The van der Waals surface area contributed by atoms with E-state index in [1.807, 2.05) is 6.07 Å². The number of halogens is 1. The second-order valence-electron chi connectivity index (χ2n) is 5.00. The van der Waals surface area contributed by atoms with Crippen LogP contribution < -0.4 is 5.32 Å². The Bertz CT molecular complexity index is 623. The van der Waals surface area contributed by atoms with E-state index in [-0.39, 0.29) is 5.82 Å². The highest BCUT2D eigenvalue weighted by molar-refractivity contribution is 6.34. The first-order valence-corrected chi connectivity index (χ1v) is 6.14. The van der Waals surface area contributed by atoms with Crippen LogP contribution >= 0.6 is 11.6 Å². The Morgan fingerprint density at radius 3 is 2.84 bits per heavy atom. The first-order valence-electron chi connectivity index (χ1n) is 5.76. The highest BCUT2D eigenvalue weighted by Gasteiger charge is 2.17. The molecule has 0 unspecified atom stereocenters. The first-order chi connectivity index (χ1) is 8.85. The zero-order valence-corrected chi connectivity index (χ0v) is 11.7. The van der Waals surface area contributed by atoms with E-state index in [1.165, 1.54) is 0 Å². The molecule has 2 aromatic heterocycles. The molecule has 1 N–H and O–H groups in total. The predicted octanol–water partition coefficient (Wildman–Crippen LogP) is 3.63. The van der Waals surface area contributed by atoms with E-state index in [2.05, 4.69) is 15.3 Å². The minimum Gasteiger partial charge on any atom is -0.444 e. The number of rotatable bonds is 1. The summed E-state index contributed by atoms with van der Waals surface area (Å²) in [6.45, 7) is 5.34. The molecule has 2 aromatic rings. The second-order valence-corrected chi connectivity index (χ2v) is 5.40. The molecule has 2 rings (SSSR count). The number of amides is 1. The van der Waals surface area contributed by atoms with Gasteiger partial charge in [0.05, 0.1) is 5.02 Å². The molecule has 0 spiro atoms. The van der Waals surface area contributed by atoms with Gasteiger partial charge in [-0.15, -0.1) is 0 Å². The number of nitrogens with zero attached hydrogens (tertiary/aromatic N) is 2. The normalized spacial score (nSPS) is 11.4. The quantitative estimate of drug-likeness (QED) is 0.866. The highest BCUT2D eigenvalue weighted by Crippen LogP contribution is 2.24. The van der Waals surface area contributed by atoms with Gasteiger partial charge < -0.3 is 4.74 Å². The number of hydrogen-bond acceptors (Lipinski definition) is 4. The van der Waals surface area contributed by atoms with Crippen molar-refractivity contribution in [3.8, 4) is 0 Å². The Kier molecular flexibility index (Phi) is 3.57. The van der Waals surface area contributed by atoms with E-state index in [0.29, 0.717) is 10.7 Å². The summed E-state index contributed by atoms with van der Waals surface area (Å²) < 4.78 is 5.14. The molecule has 0 saturated heterocycles. The standard InChI is InChI=1S/C13H14ClN3O2/c1-13(2,3)19-12(18)17-11-9(14)7-8-5-4-6-15-10(8)16-11/h4-7H,1-3H3,(H,15,16,17,18). The fourth-order valence-electron chi connectivity index (χ4n) is 1.47. The summed E-state index contributed by atoms with van der Waals surface area (Å²) in [4.78, 5) is 20.0. The molecule has 0 saturated carbocycles. The zero-order chi connectivity index (χ0) is 14.0. The van der Waals surface area contributed by atoms with E-state index in [9.17, 15) is 4.79 Å².